The van der Waals surface area contributed by atoms with Gasteiger partial charge in [0.15, 0.2) is 5.82 Å². The van der Waals surface area contributed by atoms with E-state index in [2.05, 4.69) is 14.8 Å². The van der Waals surface area contributed by atoms with E-state index in [-0.39, 0.29) is 33.8 Å². The lowest BCUT2D eigenvalue weighted by Crippen LogP contribution is -2.49. The van der Waals surface area contributed by atoms with Gasteiger partial charge in [-0.15, -0.1) is 0 Å². The standard InChI is InChI=1S/C21H27N5O4/c1-23-9-7-22-21(23)20(27)16-5-6-18(19(14-16)26(28)29)25-8-3-2-4-17(25)15-24-10-12-30-13-11-24/h5-7,9,14,17H,2-4,8,10-13,15H2,1H3. The number of morpholine rings is 1. The summed E-state index contributed by atoms with van der Waals surface area (Å²) in [4.78, 5) is 32.9. The quantitative estimate of drug-likeness (QED) is 0.407. The Kier molecular flexibility index (Phi) is 6.10. The fraction of sp³-hybridized carbons (Fsp3) is 0.524. The molecule has 1 aromatic heterocycles. The lowest BCUT2D eigenvalue weighted by Gasteiger charge is -2.40. The summed E-state index contributed by atoms with van der Waals surface area (Å²) in [7, 11) is 1.73. The number of carbonyl (C=O) groups excluding carboxylic acids is 1. The molecular weight excluding hydrogens is 386 g/mol. The highest BCUT2D eigenvalue weighted by molar-refractivity contribution is 6.07. The summed E-state index contributed by atoms with van der Waals surface area (Å²) in [5.74, 6) is -0.0547. The van der Waals surface area contributed by atoms with Crippen molar-refractivity contribution in [2.24, 2.45) is 7.05 Å². The second-order valence-electron chi connectivity index (χ2n) is 7.91. The van der Waals surface area contributed by atoms with Crippen LogP contribution in [0.5, 0.6) is 0 Å². The van der Waals surface area contributed by atoms with Crippen LogP contribution >= 0.6 is 0 Å². The Hall–Kier alpha value is -2.78. The third kappa shape index (κ3) is 4.22. The fourth-order valence-electron chi connectivity index (χ4n) is 4.36. The molecule has 0 spiro atoms. The van der Waals surface area contributed by atoms with Crippen LogP contribution in [0.25, 0.3) is 0 Å². The molecule has 9 nitrogen and oxygen atoms in total. The van der Waals surface area contributed by atoms with E-state index in [1.165, 1.54) is 6.07 Å². The number of ketones is 1. The van der Waals surface area contributed by atoms with Gasteiger partial charge in [0.1, 0.15) is 5.69 Å². The predicted molar refractivity (Wildman–Crippen MR) is 112 cm³/mol. The van der Waals surface area contributed by atoms with Crippen molar-refractivity contribution in [2.45, 2.75) is 25.3 Å². The molecule has 30 heavy (non-hydrogen) atoms. The molecule has 2 aromatic rings. The zero-order chi connectivity index (χ0) is 21.1. The molecule has 0 radical (unpaired) electrons. The van der Waals surface area contributed by atoms with E-state index in [4.69, 9.17) is 4.74 Å². The van der Waals surface area contributed by atoms with Crippen molar-refractivity contribution in [3.8, 4) is 0 Å². The average molecular weight is 413 g/mol. The second kappa shape index (κ2) is 8.93. The van der Waals surface area contributed by atoms with Crippen molar-refractivity contribution < 1.29 is 14.5 Å². The number of nitro groups is 1. The van der Waals surface area contributed by atoms with Gasteiger partial charge in [-0.05, 0) is 31.4 Å². The molecule has 2 aliphatic heterocycles. The maximum atomic E-state index is 12.8. The van der Waals surface area contributed by atoms with Gasteiger partial charge in [-0.2, -0.15) is 0 Å². The second-order valence-corrected chi connectivity index (χ2v) is 7.91. The molecule has 2 aliphatic rings. The first-order valence-corrected chi connectivity index (χ1v) is 10.4. The number of benzene rings is 1. The number of nitro benzene ring substituents is 1. The van der Waals surface area contributed by atoms with Crippen molar-refractivity contribution in [1.82, 2.24) is 14.5 Å². The summed E-state index contributed by atoms with van der Waals surface area (Å²) < 4.78 is 7.06. The molecule has 2 fully saturated rings. The minimum Gasteiger partial charge on any atom is -0.379 e. The highest BCUT2D eigenvalue weighted by Gasteiger charge is 2.31. The lowest BCUT2D eigenvalue weighted by molar-refractivity contribution is -0.384. The minimum atomic E-state index is -0.384. The first kappa shape index (κ1) is 20.5. The van der Waals surface area contributed by atoms with Crippen LogP contribution in [0, 0.1) is 10.1 Å². The summed E-state index contributed by atoms with van der Waals surface area (Å²) in [6.07, 6.45) is 6.35. The van der Waals surface area contributed by atoms with Crippen LogP contribution in [-0.4, -0.2) is 70.6 Å². The summed E-state index contributed by atoms with van der Waals surface area (Å²) in [6.45, 7) is 4.90. The Morgan fingerprint density at radius 3 is 2.77 bits per heavy atom. The molecule has 160 valence electrons. The van der Waals surface area contributed by atoms with Gasteiger partial charge in [-0.25, -0.2) is 4.98 Å². The van der Waals surface area contributed by atoms with Crippen LogP contribution in [0.15, 0.2) is 30.6 Å². The SMILES string of the molecule is Cn1ccnc1C(=O)c1ccc(N2CCCCC2CN2CCOCC2)c([N+](=O)[O-])c1. The van der Waals surface area contributed by atoms with Crippen LogP contribution in [0.4, 0.5) is 11.4 Å². The summed E-state index contributed by atoms with van der Waals surface area (Å²) in [6, 6.07) is 5.02. The number of aryl methyl sites for hydroxylation is 1. The highest BCUT2D eigenvalue weighted by Crippen LogP contribution is 2.34. The molecule has 0 saturated carbocycles. The molecule has 1 aromatic carbocycles. The van der Waals surface area contributed by atoms with Gasteiger partial charge in [0.25, 0.3) is 5.69 Å². The maximum absolute atomic E-state index is 12.8. The largest absolute Gasteiger partial charge is 0.379 e. The average Bonchev–Trinajstić information content (AvgIpc) is 3.20. The zero-order valence-corrected chi connectivity index (χ0v) is 17.2. The Labute approximate surface area is 175 Å². The molecule has 1 unspecified atom stereocenters. The molecule has 0 amide bonds. The monoisotopic (exact) mass is 413 g/mol. The summed E-state index contributed by atoms with van der Waals surface area (Å²) >= 11 is 0. The number of nitrogens with zero attached hydrogens (tertiary/aromatic N) is 5. The van der Waals surface area contributed by atoms with Crippen LogP contribution < -0.4 is 4.90 Å². The summed E-state index contributed by atoms with van der Waals surface area (Å²) in [5, 5.41) is 11.9. The molecule has 1 atom stereocenters. The van der Waals surface area contributed by atoms with Crippen molar-refractivity contribution in [1.29, 1.82) is 0 Å². The molecule has 3 heterocycles. The number of aromatic nitrogens is 2. The van der Waals surface area contributed by atoms with E-state index in [1.807, 2.05) is 0 Å². The van der Waals surface area contributed by atoms with Gasteiger partial charge >= 0.3 is 0 Å². The van der Waals surface area contributed by atoms with Crippen LogP contribution in [0.1, 0.15) is 35.4 Å². The third-order valence-electron chi connectivity index (χ3n) is 5.97. The number of anilines is 1. The molecule has 0 N–H and O–H groups in total. The summed E-state index contributed by atoms with van der Waals surface area (Å²) in [5.41, 5.74) is 0.847. The maximum Gasteiger partial charge on any atom is 0.293 e. The van der Waals surface area contributed by atoms with Crippen molar-refractivity contribution in [3.05, 3.63) is 52.1 Å². The Morgan fingerprint density at radius 2 is 2.07 bits per heavy atom. The smallest absolute Gasteiger partial charge is 0.293 e. The molecular formula is C21H27N5O4. The fourth-order valence-corrected chi connectivity index (χ4v) is 4.36. The topological polar surface area (TPSA) is 93.7 Å². The van der Waals surface area contributed by atoms with Gasteiger partial charge in [0.2, 0.25) is 5.78 Å². The normalized spacial score (nSPS) is 20.3. The first-order valence-electron chi connectivity index (χ1n) is 10.4. The lowest BCUT2D eigenvalue weighted by atomic mass is 9.99. The van der Waals surface area contributed by atoms with Crippen LogP contribution in [0.3, 0.4) is 0 Å². The van der Waals surface area contributed by atoms with E-state index >= 15 is 0 Å². The van der Waals surface area contributed by atoms with Gasteiger partial charge in [0.05, 0.1) is 18.1 Å². The number of hydrogen-bond donors (Lipinski definition) is 0. The molecule has 4 rings (SSSR count). The Bertz CT molecular complexity index is 922. The van der Waals surface area contributed by atoms with E-state index < -0.39 is 0 Å². The minimum absolute atomic E-state index is 0.0241. The number of imidazole rings is 1. The van der Waals surface area contributed by atoms with E-state index in [1.54, 1.807) is 36.1 Å². The third-order valence-corrected chi connectivity index (χ3v) is 5.97. The van der Waals surface area contributed by atoms with Gasteiger partial charge in [-0.1, -0.05) is 0 Å². The van der Waals surface area contributed by atoms with Gasteiger partial charge < -0.3 is 14.2 Å². The Morgan fingerprint density at radius 1 is 1.27 bits per heavy atom. The van der Waals surface area contributed by atoms with Crippen LogP contribution in [-0.2, 0) is 11.8 Å². The predicted octanol–water partition coefficient (Wildman–Crippen LogP) is 2.25. The van der Waals surface area contributed by atoms with Gasteiger partial charge in [-0.3, -0.25) is 19.8 Å². The molecule has 0 aliphatic carbocycles. The van der Waals surface area contributed by atoms with E-state index in [0.717, 1.165) is 58.7 Å². The van der Waals surface area contributed by atoms with Crippen molar-refractivity contribution >= 4 is 17.2 Å². The number of rotatable bonds is 6. The number of carbonyl (C=O) groups is 1. The van der Waals surface area contributed by atoms with Crippen molar-refractivity contribution in [3.63, 3.8) is 0 Å². The van der Waals surface area contributed by atoms with Crippen LogP contribution in [0.2, 0.25) is 0 Å². The molecule has 9 heteroatoms. The molecule has 0 bridgehead atoms. The Balaban J connectivity index is 1.62. The van der Waals surface area contributed by atoms with Crippen molar-refractivity contribution in [2.75, 3.05) is 44.3 Å². The zero-order valence-electron chi connectivity index (χ0n) is 17.2. The van der Waals surface area contributed by atoms with E-state index in [9.17, 15) is 14.9 Å². The first-order chi connectivity index (χ1) is 14.5. The number of ether oxygens (including phenoxy) is 1. The molecule has 2 saturated heterocycles. The van der Waals surface area contributed by atoms with Gasteiger partial charge in [0, 0.05) is 63.3 Å². The number of hydrogen-bond acceptors (Lipinski definition) is 7. The number of piperidine rings is 1. The highest BCUT2D eigenvalue weighted by atomic mass is 16.6. The van der Waals surface area contributed by atoms with E-state index in [0.29, 0.717) is 5.69 Å².